The third-order valence-electron chi connectivity index (χ3n) is 2.81. The summed E-state index contributed by atoms with van der Waals surface area (Å²) in [7, 11) is 0. The lowest BCUT2D eigenvalue weighted by Crippen LogP contribution is -2.31. The Bertz CT molecular complexity index is 576. The zero-order valence-corrected chi connectivity index (χ0v) is 10.0. The van der Waals surface area contributed by atoms with E-state index in [0.29, 0.717) is 6.54 Å². The van der Waals surface area contributed by atoms with E-state index < -0.39 is 0 Å². The molecule has 0 bridgehead atoms. The molecule has 0 aliphatic carbocycles. The molecular weight excluding hydrogens is 236 g/mol. The van der Waals surface area contributed by atoms with Crippen LogP contribution in [0.25, 0.3) is 0 Å². The summed E-state index contributed by atoms with van der Waals surface area (Å²) < 4.78 is 1.53. The Balaban J connectivity index is 1.97. The second kappa shape index (κ2) is 4.38. The summed E-state index contributed by atoms with van der Waals surface area (Å²) in [5, 5.41) is 7.67. The number of hydrogen-bond donors (Lipinski definition) is 1. The average Bonchev–Trinajstić information content (AvgIpc) is 2.83. The molecule has 3 heterocycles. The van der Waals surface area contributed by atoms with Crippen molar-refractivity contribution < 1.29 is 0 Å². The third kappa shape index (κ3) is 2.13. The number of aromatic nitrogens is 3. The maximum Gasteiger partial charge on any atom is 0.267 e. The van der Waals surface area contributed by atoms with Crippen LogP contribution in [0.4, 0.5) is 0 Å². The van der Waals surface area contributed by atoms with Crippen LogP contribution in [-0.4, -0.2) is 21.3 Å². The summed E-state index contributed by atoms with van der Waals surface area (Å²) in [6, 6.07) is 1.69. The topological polar surface area (TPSA) is 59.8 Å². The molecule has 0 atom stereocenters. The van der Waals surface area contributed by atoms with Crippen molar-refractivity contribution in [3.8, 4) is 0 Å². The van der Waals surface area contributed by atoms with Crippen molar-refractivity contribution in [2.75, 3.05) is 6.54 Å². The Morgan fingerprint density at radius 2 is 2.47 bits per heavy atom. The fourth-order valence-corrected chi connectivity index (χ4v) is 2.52. The fourth-order valence-electron chi connectivity index (χ4n) is 1.94. The zero-order chi connectivity index (χ0) is 11.7. The van der Waals surface area contributed by atoms with Gasteiger partial charge in [-0.2, -0.15) is 5.10 Å². The SMILES string of the molecule is O=c1cc2c(nn1Cc1cncs1)CCNC2. The Kier molecular flexibility index (Phi) is 2.74. The number of nitrogens with one attached hydrogen (secondary N) is 1. The second-order valence-electron chi connectivity index (χ2n) is 4.01. The first kappa shape index (κ1) is 10.6. The van der Waals surface area contributed by atoms with E-state index in [0.717, 1.165) is 35.6 Å². The van der Waals surface area contributed by atoms with Gasteiger partial charge in [0.25, 0.3) is 5.56 Å². The lowest BCUT2D eigenvalue weighted by atomic mass is 10.1. The lowest BCUT2D eigenvalue weighted by molar-refractivity contribution is 0.564. The van der Waals surface area contributed by atoms with Crippen LogP contribution in [0, 0.1) is 0 Å². The van der Waals surface area contributed by atoms with Crippen LogP contribution in [0.2, 0.25) is 0 Å². The Morgan fingerprint density at radius 1 is 1.53 bits per heavy atom. The van der Waals surface area contributed by atoms with Gasteiger partial charge in [0, 0.05) is 36.7 Å². The highest BCUT2D eigenvalue weighted by molar-refractivity contribution is 7.09. The quantitative estimate of drug-likeness (QED) is 0.835. The number of hydrogen-bond acceptors (Lipinski definition) is 5. The van der Waals surface area contributed by atoms with E-state index in [1.165, 1.54) is 4.68 Å². The van der Waals surface area contributed by atoms with Crippen LogP contribution in [0.5, 0.6) is 0 Å². The highest BCUT2D eigenvalue weighted by atomic mass is 32.1. The van der Waals surface area contributed by atoms with Crippen LogP contribution in [0.3, 0.4) is 0 Å². The monoisotopic (exact) mass is 248 g/mol. The summed E-state index contributed by atoms with van der Waals surface area (Å²) in [5.41, 5.74) is 3.79. The Morgan fingerprint density at radius 3 is 3.29 bits per heavy atom. The normalized spacial score (nSPS) is 14.6. The van der Waals surface area contributed by atoms with Crippen LogP contribution >= 0.6 is 11.3 Å². The van der Waals surface area contributed by atoms with E-state index in [1.807, 2.05) is 0 Å². The number of nitrogens with zero attached hydrogens (tertiary/aromatic N) is 3. The molecule has 88 valence electrons. The molecule has 0 saturated heterocycles. The predicted molar refractivity (Wildman–Crippen MR) is 65.1 cm³/mol. The highest BCUT2D eigenvalue weighted by Gasteiger charge is 2.12. The van der Waals surface area contributed by atoms with Gasteiger partial charge in [0.2, 0.25) is 0 Å². The highest BCUT2D eigenvalue weighted by Crippen LogP contribution is 2.10. The van der Waals surface area contributed by atoms with E-state index >= 15 is 0 Å². The van der Waals surface area contributed by atoms with E-state index in [-0.39, 0.29) is 5.56 Å². The molecule has 2 aromatic rings. The van der Waals surface area contributed by atoms with Crippen molar-refractivity contribution in [3.05, 3.63) is 44.3 Å². The Labute approximate surface area is 102 Å². The van der Waals surface area contributed by atoms with Gasteiger partial charge in [-0.3, -0.25) is 9.78 Å². The summed E-state index contributed by atoms with van der Waals surface area (Å²) >= 11 is 1.54. The molecule has 0 aromatic carbocycles. The molecule has 0 spiro atoms. The van der Waals surface area contributed by atoms with Crippen LogP contribution < -0.4 is 10.9 Å². The van der Waals surface area contributed by atoms with Gasteiger partial charge in [-0.25, -0.2) is 4.68 Å². The van der Waals surface area contributed by atoms with Gasteiger partial charge in [0.1, 0.15) is 0 Å². The minimum atomic E-state index is -0.0409. The van der Waals surface area contributed by atoms with Gasteiger partial charge < -0.3 is 5.32 Å². The number of rotatable bonds is 2. The van der Waals surface area contributed by atoms with Gasteiger partial charge in [-0.15, -0.1) is 11.3 Å². The Hall–Kier alpha value is -1.53. The van der Waals surface area contributed by atoms with Crippen molar-refractivity contribution in [2.45, 2.75) is 19.5 Å². The first-order valence-corrected chi connectivity index (χ1v) is 6.39. The van der Waals surface area contributed by atoms with Crippen LogP contribution in [0.15, 0.2) is 22.6 Å². The van der Waals surface area contributed by atoms with Gasteiger partial charge >= 0.3 is 0 Å². The molecule has 5 nitrogen and oxygen atoms in total. The van der Waals surface area contributed by atoms with Gasteiger partial charge in [0.05, 0.1) is 17.7 Å². The molecule has 1 N–H and O–H groups in total. The molecule has 0 radical (unpaired) electrons. The van der Waals surface area contributed by atoms with Gasteiger partial charge in [-0.1, -0.05) is 0 Å². The molecule has 3 rings (SSSR count). The number of fused-ring (bicyclic) bond motifs is 1. The standard InChI is InChI=1S/C11H12N4OS/c16-11-3-8-4-12-2-1-10(8)14-15(11)6-9-5-13-7-17-9/h3,5,7,12H,1-2,4,6H2. The van der Waals surface area contributed by atoms with Crippen molar-refractivity contribution in [2.24, 2.45) is 0 Å². The largest absolute Gasteiger partial charge is 0.312 e. The third-order valence-corrected chi connectivity index (χ3v) is 3.57. The smallest absolute Gasteiger partial charge is 0.267 e. The summed E-state index contributed by atoms with van der Waals surface area (Å²) in [4.78, 5) is 16.9. The molecule has 6 heteroatoms. The summed E-state index contributed by atoms with van der Waals surface area (Å²) in [6.07, 6.45) is 2.66. The van der Waals surface area contributed by atoms with E-state index in [4.69, 9.17) is 0 Å². The molecule has 0 saturated carbocycles. The van der Waals surface area contributed by atoms with Crippen molar-refractivity contribution in [1.82, 2.24) is 20.1 Å². The predicted octanol–water partition coefficient (Wildman–Crippen LogP) is 0.394. The minimum absolute atomic E-state index is 0.0409. The first-order chi connectivity index (χ1) is 8.33. The maximum absolute atomic E-state index is 11.9. The van der Waals surface area contributed by atoms with E-state index in [2.05, 4.69) is 15.4 Å². The summed E-state index contributed by atoms with van der Waals surface area (Å²) in [5.74, 6) is 0. The molecule has 1 aliphatic rings. The van der Waals surface area contributed by atoms with Crippen LogP contribution in [-0.2, 0) is 19.5 Å². The molecule has 17 heavy (non-hydrogen) atoms. The average molecular weight is 248 g/mol. The fraction of sp³-hybridized carbons (Fsp3) is 0.364. The van der Waals surface area contributed by atoms with E-state index in [1.54, 1.807) is 29.1 Å². The van der Waals surface area contributed by atoms with Crippen LogP contribution in [0.1, 0.15) is 16.1 Å². The molecule has 0 amide bonds. The molecular formula is C11H12N4OS. The van der Waals surface area contributed by atoms with Gasteiger partial charge in [-0.05, 0) is 5.56 Å². The van der Waals surface area contributed by atoms with Crippen molar-refractivity contribution >= 4 is 11.3 Å². The van der Waals surface area contributed by atoms with Crippen molar-refractivity contribution in [3.63, 3.8) is 0 Å². The maximum atomic E-state index is 11.9. The lowest BCUT2D eigenvalue weighted by Gasteiger charge is -2.16. The number of thiazole rings is 1. The minimum Gasteiger partial charge on any atom is -0.312 e. The molecule has 2 aromatic heterocycles. The molecule has 0 fully saturated rings. The second-order valence-corrected chi connectivity index (χ2v) is 4.98. The summed E-state index contributed by atoms with van der Waals surface area (Å²) in [6.45, 7) is 2.20. The molecule has 0 unspecified atom stereocenters. The van der Waals surface area contributed by atoms with Crippen molar-refractivity contribution in [1.29, 1.82) is 0 Å². The van der Waals surface area contributed by atoms with Gasteiger partial charge in [0.15, 0.2) is 0 Å². The first-order valence-electron chi connectivity index (χ1n) is 5.51. The zero-order valence-electron chi connectivity index (χ0n) is 9.22. The van der Waals surface area contributed by atoms with E-state index in [9.17, 15) is 4.79 Å². The molecule has 1 aliphatic heterocycles.